The minimum Gasteiger partial charge on any atom is -0.496 e. The zero-order chi connectivity index (χ0) is 19.9. The lowest BCUT2D eigenvalue weighted by Gasteiger charge is -2.12. The molecule has 0 aliphatic heterocycles. The molecule has 3 aromatic carbocycles. The van der Waals surface area contributed by atoms with Crippen LogP contribution in [-0.4, -0.2) is 12.9 Å². The zero-order valence-corrected chi connectivity index (χ0v) is 16.7. The van der Waals surface area contributed by atoms with Crippen LogP contribution < -0.4 is 9.47 Å². The molecule has 0 fully saturated rings. The molecule has 5 heteroatoms. The lowest BCUT2D eigenvalue weighted by Crippen LogP contribution is -2.00. The quantitative estimate of drug-likeness (QED) is 0.329. The Labute approximate surface area is 174 Å². The third kappa shape index (κ3) is 5.16. The first kappa shape index (κ1) is 20.0. The van der Waals surface area contributed by atoms with Crippen LogP contribution in [-0.2, 0) is 6.61 Å². The van der Waals surface area contributed by atoms with Crippen molar-refractivity contribution in [2.45, 2.75) is 6.61 Å². The van der Waals surface area contributed by atoms with Gasteiger partial charge in [-0.15, -0.1) is 0 Å². The topological polar surface area (TPSA) is 35.5 Å². The molecular weight excluding hydrogens is 395 g/mol. The summed E-state index contributed by atoms with van der Waals surface area (Å²) in [5.41, 5.74) is 2.35. The van der Waals surface area contributed by atoms with E-state index in [1.54, 1.807) is 49.6 Å². The summed E-state index contributed by atoms with van der Waals surface area (Å²) in [5, 5.41) is 0.987. The first-order chi connectivity index (χ1) is 13.6. The van der Waals surface area contributed by atoms with Crippen molar-refractivity contribution in [1.82, 2.24) is 0 Å². The summed E-state index contributed by atoms with van der Waals surface area (Å²) in [4.78, 5) is 12.2. The Morgan fingerprint density at radius 3 is 2.43 bits per heavy atom. The SMILES string of the molecule is COc1ccc(/C=C\C(=O)c2ccccc2)cc1COc1ccc(Cl)cc1Cl. The van der Waals surface area contributed by atoms with Gasteiger partial charge in [0.25, 0.3) is 0 Å². The normalized spacial score (nSPS) is 10.8. The molecule has 0 spiro atoms. The van der Waals surface area contributed by atoms with Crippen molar-refractivity contribution in [1.29, 1.82) is 0 Å². The molecule has 0 amide bonds. The number of methoxy groups -OCH3 is 1. The second kappa shape index (κ2) is 9.45. The minimum atomic E-state index is -0.0536. The summed E-state index contributed by atoms with van der Waals surface area (Å²) in [7, 11) is 1.60. The van der Waals surface area contributed by atoms with Gasteiger partial charge >= 0.3 is 0 Å². The highest BCUT2D eigenvalue weighted by Crippen LogP contribution is 2.29. The Kier molecular flexibility index (Phi) is 6.75. The maximum Gasteiger partial charge on any atom is 0.185 e. The predicted octanol–water partition coefficient (Wildman–Crippen LogP) is 6.48. The number of hydrogen-bond acceptors (Lipinski definition) is 3. The van der Waals surface area contributed by atoms with Gasteiger partial charge in [0.1, 0.15) is 18.1 Å². The number of carbonyl (C=O) groups excluding carboxylic acids is 1. The van der Waals surface area contributed by atoms with E-state index < -0.39 is 0 Å². The van der Waals surface area contributed by atoms with Crippen molar-refractivity contribution in [3.05, 3.63) is 99.5 Å². The Bertz CT molecular complexity index is 998. The maximum atomic E-state index is 12.2. The molecule has 0 atom stereocenters. The average molecular weight is 413 g/mol. The molecule has 3 rings (SSSR count). The Morgan fingerprint density at radius 1 is 0.964 bits per heavy atom. The molecule has 28 heavy (non-hydrogen) atoms. The first-order valence-corrected chi connectivity index (χ1v) is 9.34. The molecule has 3 nitrogen and oxygen atoms in total. The fourth-order valence-corrected chi connectivity index (χ4v) is 3.10. The fourth-order valence-electron chi connectivity index (χ4n) is 2.63. The average Bonchev–Trinajstić information content (AvgIpc) is 2.72. The Hall–Kier alpha value is -2.75. The highest BCUT2D eigenvalue weighted by Gasteiger charge is 2.08. The van der Waals surface area contributed by atoms with Crippen molar-refractivity contribution < 1.29 is 14.3 Å². The highest BCUT2D eigenvalue weighted by molar-refractivity contribution is 6.35. The second-order valence-electron chi connectivity index (χ2n) is 6.00. The van der Waals surface area contributed by atoms with Crippen LogP contribution in [0.15, 0.2) is 72.8 Å². The molecule has 0 aliphatic rings. The van der Waals surface area contributed by atoms with E-state index in [2.05, 4.69) is 0 Å². The molecular formula is C23H18Cl2O3. The van der Waals surface area contributed by atoms with Gasteiger partial charge in [-0.2, -0.15) is 0 Å². The van der Waals surface area contributed by atoms with E-state index in [4.69, 9.17) is 32.7 Å². The number of rotatable bonds is 7. The summed E-state index contributed by atoms with van der Waals surface area (Å²) >= 11 is 12.1. The summed E-state index contributed by atoms with van der Waals surface area (Å²) < 4.78 is 11.2. The third-order valence-electron chi connectivity index (χ3n) is 4.07. The molecule has 0 saturated carbocycles. The monoisotopic (exact) mass is 412 g/mol. The number of ketones is 1. The van der Waals surface area contributed by atoms with E-state index in [1.807, 2.05) is 36.4 Å². The lowest BCUT2D eigenvalue weighted by molar-refractivity contribution is 0.104. The molecule has 0 unspecified atom stereocenters. The van der Waals surface area contributed by atoms with E-state index in [9.17, 15) is 4.79 Å². The van der Waals surface area contributed by atoms with E-state index in [-0.39, 0.29) is 12.4 Å². The van der Waals surface area contributed by atoms with Crippen LogP contribution in [0, 0.1) is 0 Å². The van der Waals surface area contributed by atoms with Gasteiger partial charge in [-0.05, 0) is 42.0 Å². The van der Waals surface area contributed by atoms with Gasteiger partial charge < -0.3 is 9.47 Å². The van der Waals surface area contributed by atoms with E-state index in [0.29, 0.717) is 27.1 Å². The molecule has 0 radical (unpaired) electrons. The smallest absolute Gasteiger partial charge is 0.185 e. The van der Waals surface area contributed by atoms with Gasteiger partial charge in [-0.1, -0.05) is 65.7 Å². The van der Waals surface area contributed by atoms with Crippen LogP contribution in [0.3, 0.4) is 0 Å². The number of halogens is 2. The number of carbonyl (C=O) groups is 1. The van der Waals surface area contributed by atoms with Gasteiger partial charge in [0.2, 0.25) is 0 Å². The minimum absolute atomic E-state index is 0.0536. The molecule has 0 N–H and O–H groups in total. The van der Waals surface area contributed by atoms with E-state index in [1.165, 1.54) is 0 Å². The van der Waals surface area contributed by atoms with Crippen LogP contribution in [0.2, 0.25) is 10.0 Å². The Morgan fingerprint density at radius 2 is 1.71 bits per heavy atom. The van der Waals surface area contributed by atoms with Gasteiger partial charge in [0.15, 0.2) is 5.78 Å². The Balaban J connectivity index is 1.76. The van der Waals surface area contributed by atoms with Gasteiger partial charge in [0, 0.05) is 16.1 Å². The number of benzene rings is 3. The number of hydrogen-bond donors (Lipinski definition) is 0. The van der Waals surface area contributed by atoms with Crippen LogP contribution >= 0.6 is 23.2 Å². The highest BCUT2D eigenvalue weighted by atomic mass is 35.5. The number of allylic oxidation sites excluding steroid dienone is 1. The first-order valence-electron chi connectivity index (χ1n) is 8.59. The van der Waals surface area contributed by atoms with Crippen LogP contribution in [0.25, 0.3) is 6.08 Å². The largest absolute Gasteiger partial charge is 0.496 e. The zero-order valence-electron chi connectivity index (χ0n) is 15.2. The molecule has 0 aliphatic carbocycles. The summed E-state index contributed by atoms with van der Waals surface area (Å²) in [6.07, 6.45) is 3.32. The van der Waals surface area contributed by atoms with Gasteiger partial charge in [0.05, 0.1) is 12.1 Å². The van der Waals surface area contributed by atoms with Crippen molar-refractivity contribution in [3.63, 3.8) is 0 Å². The molecule has 142 valence electrons. The second-order valence-corrected chi connectivity index (χ2v) is 6.84. The molecule has 0 bridgehead atoms. The van der Waals surface area contributed by atoms with E-state index in [0.717, 1.165) is 11.1 Å². The fraction of sp³-hybridized carbons (Fsp3) is 0.0870. The van der Waals surface area contributed by atoms with Crippen molar-refractivity contribution in [2.24, 2.45) is 0 Å². The molecule has 0 heterocycles. The van der Waals surface area contributed by atoms with Gasteiger partial charge in [-0.3, -0.25) is 4.79 Å². The standard InChI is InChI=1S/C23H18Cl2O3/c1-27-22-11-8-16(7-10-21(26)17-5-3-2-4-6-17)13-18(22)15-28-23-12-9-19(24)14-20(23)25/h2-14H,15H2,1H3/b10-7-. The number of ether oxygens (including phenoxy) is 2. The van der Waals surface area contributed by atoms with E-state index >= 15 is 0 Å². The van der Waals surface area contributed by atoms with Crippen molar-refractivity contribution in [2.75, 3.05) is 7.11 Å². The van der Waals surface area contributed by atoms with Crippen LogP contribution in [0.5, 0.6) is 11.5 Å². The summed E-state index contributed by atoms with van der Waals surface area (Å²) in [6, 6.07) is 19.8. The lowest BCUT2D eigenvalue weighted by atomic mass is 10.1. The molecule has 0 saturated heterocycles. The molecule has 0 aromatic heterocycles. The maximum absolute atomic E-state index is 12.2. The predicted molar refractivity (Wildman–Crippen MR) is 114 cm³/mol. The van der Waals surface area contributed by atoms with Crippen molar-refractivity contribution in [3.8, 4) is 11.5 Å². The van der Waals surface area contributed by atoms with Crippen LogP contribution in [0.1, 0.15) is 21.5 Å². The summed E-state index contributed by atoms with van der Waals surface area (Å²) in [5.74, 6) is 1.17. The molecule has 3 aromatic rings. The van der Waals surface area contributed by atoms with Crippen LogP contribution in [0.4, 0.5) is 0 Å². The van der Waals surface area contributed by atoms with Gasteiger partial charge in [-0.25, -0.2) is 0 Å². The third-order valence-corrected chi connectivity index (χ3v) is 4.60. The van der Waals surface area contributed by atoms with Crippen molar-refractivity contribution >= 4 is 35.1 Å². The summed E-state index contributed by atoms with van der Waals surface area (Å²) in [6.45, 7) is 0.263.